The Labute approximate surface area is 85.7 Å². The van der Waals surface area contributed by atoms with Gasteiger partial charge < -0.3 is 4.74 Å². The third-order valence-corrected chi connectivity index (χ3v) is 2.26. The van der Waals surface area contributed by atoms with Crippen LogP contribution in [0.25, 0.3) is 0 Å². The third kappa shape index (κ3) is 4.42. The predicted octanol–water partition coefficient (Wildman–Crippen LogP) is 1.59. The molecular formula is C11H19NO2. The molecule has 3 heteroatoms. The standard InChI is InChI=1S/C11H19NO2/c1-2-10-14-11(13)6-5-9-12-7-3-4-8-12/h5-6H,2-4,7-10H2,1H3/b6-5+. The summed E-state index contributed by atoms with van der Waals surface area (Å²) in [5.41, 5.74) is 0. The smallest absolute Gasteiger partial charge is 0.330 e. The summed E-state index contributed by atoms with van der Waals surface area (Å²) < 4.78 is 4.91. The minimum absolute atomic E-state index is 0.217. The largest absolute Gasteiger partial charge is 0.463 e. The molecule has 0 spiro atoms. The van der Waals surface area contributed by atoms with E-state index in [1.165, 1.54) is 18.9 Å². The van der Waals surface area contributed by atoms with Gasteiger partial charge in [-0.3, -0.25) is 4.90 Å². The maximum Gasteiger partial charge on any atom is 0.330 e. The van der Waals surface area contributed by atoms with Crippen molar-refractivity contribution < 1.29 is 9.53 Å². The molecule has 1 aliphatic heterocycles. The van der Waals surface area contributed by atoms with E-state index in [2.05, 4.69) is 4.90 Å². The van der Waals surface area contributed by atoms with E-state index in [-0.39, 0.29) is 5.97 Å². The van der Waals surface area contributed by atoms with E-state index in [1.807, 2.05) is 13.0 Å². The van der Waals surface area contributed by atoms with Crippen molar-refractivity contribution in [3.8, 4) is 0 Å². The number of carbonyl (C=O) groups is 1. The molecule has 1 rings (SSSR count). The van der Waals surface area contributed by atoms with Gasteiger partial charge in [-0.2, -0.15) is 0 Å². The van der Waals surface area contributed by atoms with Gasteiger partial charge in [-0.15, -0.1) is 0 Å². The Morgan fingerprint density at radius 3 is 2.79 bits per heavy atom. The van der Waals surface area contributed by atoms with Crippen molar-refractivity contribution in [2.75, 3.05) is 26.2 Å². The monoisotopic (exact) mass is 197 g/mol. The highest BCUT2D eigenvalue weighted by Crippen LogP contribution is 2.06. The number of hydrogen-bond acceptors (Lipinski definition) is 3. The summed E-state index contributed by atoms with van der Waals surface area (Å²) in [5.74, 6) is -0.217. The van der Waals surface area contributed by atoms with E-state index < -0.39 is 0 Å². The zero-order valence-corrected chi connectivity index (χ0v) is 8.87. The van der Waals surface area contributed by atoms with Crippen LogP contribution in [0.15, 0.2) is 12.2 Å². The second-order valence-electron chi connectivity index (χ2n) is 3.58. The summed E-state index contributed by atoms with van der Waals surface area (Å²) >= 11 is 0. The second-order valence-corrected chi connectivity index (χ2v) is 3.58. The van der Waals surface area contributed by atoms with Crippen LogP contribution in [0.2, 0.25) is 0 Å². The van der Waals surface area contributed by atoms with E-state index in [1.54, 1.807) is 0 Å². The number of esters is 1. The van der Waals surface area contributed by atoms with Gasteiger partial charge in [-0.05, 0) is 32.4 Å². The van der Waals surface area contributed by atoms with Crippen LogP contribution >= 0.6 is 0 Å². The van der Waals surface area contributed by atoms with Crippen LogP contribution in [-0.4, -0.2) is 37.1 Å². The van der Waals surface area contributed by atoms with Crippen molar-refractivity contribution in [3.05, 3.63) is 12.2 Å². The molecule has 3 nitrogen and oxygen atoms in total. The normalized spacial score (nSPS) is 17.8. The molecule has 0 unspecified atom stereocenters. The molecule has 1 heterocycles. The fraction of sp³-hybridized carbons (Fsp3) is 0.727. The third-order valence-electron chi connectivity index (χ3n) is 2.26. The lowest BCUT2D eigenvalue weighted by Crippen LogP contribution is -2.19. The summed E-state index contributed by atoms with van der Waals surface area (Å²) in [6, 6.07) is 0. The van der Waals surface area contributed by atoms with Crippen molar-refractivity contribution >= 4 is 5.97 Å². The Morgan fingerprint density at radius 2 is 2.14 bits per heavy atom. The van der Waals surface area contributed by atoms with Crippen molar-refractivity contribution in [1.82, 2.24) is 4.90 Å². The van der Waals surface area contributed by atoms with Gasteiger partial charge in [0.15, 0.2) is 0 Å². The van der Waals surface area contributed by atoms with Crippen molar-refractivity contribution in [2.45, 2.75) is 26.2 Å². The quantitative estimate of drug-likeness (QED) is 0.495. The van der Waals surface area contributed by atoms with Gasteiger partial charge in [0, 0.05) is 12.6 Å². The van der Waals surface area contributed by atoms with Gasteiger partial charge in [0.25, 0.3) is 0 Å². The molecule has 0 aromatic rings. The average molecular weight is 197 g/mol. The van der Waals surface area contributed by atoms with Crippen LogP contribution in [0, 0.1) is 0 Å². The summed E-state index contributed by atoms with van der Waals surface area (Å²) in [6.07, 6.45) is 6.88. The van der Waals surface area contributed by atoms with Gasteiger partial charge >= 0.3 is 5.97 Å². The fourth-order valence-corrected chi connectivity index (χ4v) is 1.51. The highest BCUT2D eigenvalue weighted by atomic mass is 16.5. The van der Waals surface area contributed by atoms with Gasteiger partial charge in [0.2, 0.25) is 0 Å². The molecule has 0 aliphatic carbocycles. The lowest BCUT2D eigenvalue weighted by atomic mass is 10.4. The lowest BCUT2D eigenvalue weighted by molar-refractivity contribution is -0.137. The van der Waals surface area contributed by atoms with Crippen LogP contribution in [0.3, 0.4) is 0 Å². The average Bonchev–Trinajstić information content (AvgIpc) is 2.67. The van der Waals surface area contributed by atoms with E-state index in [0.717, 1.165) is 26.1 Å². The van der Waals surface area contributed by atoms with E-state index in [9.17, 15) is 4.79 Å². The highest BCUT2D eigenvalue weighted by Gasteiger charge is 2.08. The topological polar surface area (TPSA) is 29.5 Å². The van der Waals surface area contributed by atoms with Gasteiger partial charge in [0.1, 0.15) is 0 Å². The Bertz CT molecular complexity index is 195. The molecular weight excluding hydrogens is 178 g/mol. The van der Waals surface area contributed by atoms with Gasteiger partial charge in [-0.1, -0.05) is 13.0 Å². The Balaban J connectivity index is 2.09. The van der Waals surface area contributed by atoms with Crippen molar-refractivity contribution in [2.24, 2.45) is 0 Å². The van der Waals surface area contributed by atoms with Crippen LogP contribution < -0.4 is 0 Å². The molecule has 1 fully saturated rings. The summed E-state index contributed by atoms with van der Waals surface area (Å²) in [7, 11) is 0. The maximum absolute atomic E-state index is 11.0. The molecule has 1 aliphatic rings. The predicted molar refractivity (Wildman–Crippen MR) is 56.1 cm³/mol. The number of ether oxygens (including phenoxy) is 1. The van der Waals surface area contributed by atoms with Crippen LogP contribution in [0.5, 0.6) is 0 Å². The molecule has 0 radical (unpaired) electrons. The highest BCUT2D eigenvalue weighted by molar-refractivity contribution is 5.81. The second kappa shape index (κ2) is 6.60. The van der Waals surface area contributed by atoms with Gasteiger partial charge in [0.05, 0.1) is 6.61 Å². The Morgan fingerprint density at radius 1 is 1.43 bits per heavy atom. The first-order valence-electron chi connectivity index (χ1n) is 5.38. The summed E-state index contributed by atoms with van der Waals surface area (Å²) in [6.45, 7) is 5.71. The number of likely N-dealkylation sites (tertiary alicyclic amines) is 1. The molecule has 1 saturated heterocycles. The molecule has 0 aromatic heterocycles. The molecule has 0 aromatic carbocycles. The minimum atomic E-state index is -0.217. The molecule has 14 heavy (non-hydrogen) atoms. The number of nitrogens with zero attached hydrogens (tertiary/aromatic N) is 1. The molecule has 80 valence electrons. The molecule has 0 amide bonds. The fourth-order valence-electron chi connectivity index (χ4n) is 1.51. The SMILES string of the molecule is CCCOC(=O)/C=C/CN1CCCC1. The lowest BCUT2D eigenvalue weighted by Gasteiger charge is -2.10. The first-order valence-corrected chi connectivity index (χ1v) is 5.38. The minimum Gasteiger partial charge on any atom is -0.463 e. The van der Waals surface area contributed by atoms with E-state index in [0.29, 0.717) is 6.61 Å². The Hall–Kier alpha value is -0.830. The summed E-state index contributed by atoms with van der Waals surface area (Å²) in [4.78, 5) is 13.4. The molecule has 0 N–H and O–H groups in total. The zero-order chi connectivity index (χ0) is 10.2. The molecule has 0 saturated carbocycles. The number of carbonyl (C=O) groups excluding carboxylic acids is 1. The van der Waals surface area contributed by atoms with Crippen LogP contribution in [0.4, 0.5) is 0 Å². The molecule has 0 atom stereocenters. The first kappa shape index (κ1) is 11.2. The van der Waals surface area contributed by atoms with Crippen molar-refractivity contribution in [1.29, 1.82) is 0 Å². The number of hydrogen-bond donors (Lipinski definition) is 0. The van der Waals surface area contributed by atoms with Crippen molar-refractivity contribution in [3.63, 3.8) is 0 Å². The van der Waals surface area contributed by atoms with Crippen LogP contribution in [-0.2, 0) is 9.53 Å². The van der Waals surface area contributed by atoms with E-state index >= 15 is 0 Å². The molecule has 0 bridgehead atoms. The zero-order valence-electron chi connectivity index (χ0n) is 8.87. The summed E-state index contributed by atoms with van der Waals surface area (Å²) in [5, 5.41) is 0. The Kier molecular flexibility index (Phi) is 5.30. The maximum atomic E-state index is 11.0. The first-order chi connectivity index (χ1) is 6.83. The van der Waals surface area contributed by atoms with Gasteiger partial charge in [-0.25, -0.2) is 4.79 Å². The van der Waals surface area contributed by atoms with Crippen LogP contribution in [0.1, 0.15) is 26.2 Å². The number of rotatable bonds is 5. The van der Waals surface area contributed by atoms with E-state index in [4.69, 9.17) is 4.74 Å².